The van der Waals surface area contributed by atoms with Gasteiger partial charge in [-0.25, -0.2) is 26.3 Å². The Labute approximate surface area is 300 Å². The molecular weight excluding hydrogens is 805 g/mol. The van der Waals surface area contributed by atoms with Crippen LogP contribution in [0.5, 0.6) is 11.5 Å². The van der Waals surface area contributed by atoms with E-state index in [0.717, 1.165) is 24.3 Å². The number of azo groups is 2. The van der Waals surface area contributed by atoms with Gasteiger partial charge in [0.2, 0.25) is 0 Å². The lowest BCUT2D eigenvalue weighted by atomic mass is 10.2. The topological polar surface area (TPSA) is 354 Å². The first-order chi connectivity index (χ1) is 24.2. The third-order valence-electron chi connectivity index (χ3n) is 6.27. The zero-order valence-corrected chi connectivity index (χ0v) is 30.5. The van der Waals surface area contributed by atoms with Crippen molar-refractivity contribution in [2.45, 2.75) is 14.7 Å². The predicted octanol–water partition coefficient (Wildman–Crippen LogP) is 3.31. The van der Waals surface area contributed by atoms with Gasteiger partial charge in [-0.3, -0.25) is 13.3 Å². The van der Waals surface area contributed by atoms with E-state index in [2.05, 4.69) is 34.0 Å². The van der Waals surface area contributed by atoms with Crippen LogP contribution in [-0.4, -0.2) is 87.0 Å². The molecule has 3 aromatic rings. The summed E-state index contributed by atoms with van der Waals surface area (Å²) in [7, 11) is -15.8. The van der Waals surface area contributed by atoms with Crippen LogP contribution >= 0.6 is 12.3 Å². The van der Waals surface area contributed by atoms with Crippen molar-refractivity contribution in [3.63, 3.8) is 0 Å². The standard InChI is InChI=1S/C24H28N6O17S5/c1-42-19-5-3-14(49(32,33)9-7-44-48-47-46-31)11-16(19)27-29-18-13-21(51(36,37)38)23(26)24(22(18)25)30-28-17-12-15(4-6-20(17)43-2)50(34,35)10-8-45-52(39,40)41/h3-6,11-13,31H,7-10,25-26H2,1-2H3,(H,36,37,38)(H,39,40,41). The van der Waals surface area contributed by atoms with Gasteiger partial charge >= 0.3 is 10.4 Å². The van der Waals surface area contributed by atoms with Gasteiger partial charge in [0.05, 0.1) is 60.1 Å². The summed E-state index contributed by atoms with van der Waals surface area (Å²) in [5, 5.41) is 27.0. The monoisotopic (exact) mass is 832 g/mol. The normalized spacial score (nSPS) is 12.9. The van der Waals surface area contributed by atoms with Crippen LogP contribution in [0.1, 0.15) is 0 Å². The first kappa shape index (κ1) is 42.3. The molecule has 0 saturated heterocycles. The lowest BCUT2D eigenvalue weighted by molar-refractivity contribution is -0.434. The molecule has 52 heavy (non-hydrogen) atoms. The van der Waals surface area contributed by atoms with Gasteiger partial charge in [-0.2, -0.15) is 16.8 Å². The van der Waals surface area contributed by atoms with Crippen LogP contribution in [0.2, 0.25) is 0 Å². The summed E-state index contributed by atoms with van der Waals surface area (Å²) in [4.78, 5) is -1.63. The second-order valence-corrected chi connectivity index (χ2v) is 16.7. The minimum atomic E-state index is -5.08. The first-order valence-electron chi connectivity index (χ1n) is 13.5. The van der Waals surface area contributed by atoms with Gasteiger partial charge in [0.15, 0.2) is 32.0 Å². The van der Waals surface area contributed by atoms with Crippen molar-refractivity contribution in [1.82, 2.24) is 0 Å². The minimum absolute atomic E-state index is 0.0124. The van der Waals surface area contributed by atoms with Crippen molar-refractivity contribution in [3.05, 3.63) is 42.5 Å². The van der Waals surface area contributed by atoms with Crippen molar-refractivity contribution >= 4 is 86.6 Å². The van der Waals surface area contributed by atoms with Gasteiger partial charge in [0, 0.05) is 0 Å². The SMILES string of the molecule is COc1ccc(S(=O)(=O)CCOSOOO)cc1N=Nc1cc(S(=O)(=O)O)c(N)c(N=Nc2cc(S(=O)(=O)CCOS(=O)(=O)O)ccc2OC)c1N. The van der Waals surface area contributed by atoms with Crippen LogP contribution in [0.3, 0.4) is 0 Å². The third-order valence-corrected chi connectivity index (χ3v) is 11.4. The second kappa shape index (κ2) is 17.6. The van der Waals surface area contributed by atoms with Gasteiger partial charge in [-0.05, 0) is 42.5 Å². The highest BCUT2D eigenvalue weighted by Gasteiger charge is 2.24. The minimum Gasteiger partial charge on any atom is -0.494 e. The van der Waals surface area contributed by atoms with E-state index < -0.39 is 97.5 Å². The Balaban J connectivity index is 2.08. The molecule has 0 saturated carbocycles. The van der Waals surface area contributed by atoms with Crippen LogP contribution < -0.4 is 20.9 Å². The van der Waals surface area contributed by atoms with E-state index in [-0.39, 0.29) is 40.1 Å². The molecule has 3 aromatic carbocycles. The molecule has 0 spiro atoms. The summed E-state index contributed by atoms with van der Waals surface area (Å²) in [6.45, 7) is -1.32. The van der Waals surface area contributed by atoms with E-state index in [0.29, 0.717) is 0 Å². The van der Waals surface area contributed by atoms with Crippen molar-refractivity contribution in [2.24, 2.45) is 20.5 Å². The van der Waals surface area contributed by atoms with Gasteiger partial charge < -0.3 is 20.9 Å². The number of benzene rings is 3. The highest BCUT2D eigenvalue weighted by atomic mass is 32.3. The second-order valence-electron chi connectivity index (χ2n) is 9.53. The number of rotatable bonds is 19. The molecule has 286 valence electrons. The number of ether oxygens (including phenoxy) is 2. The molecule has 0 amide bonds. The molecule has 3 rings (SSSR count). The number of hydrogen-bond donors (Lipinski definition) is 5. The Hall–Kier alpha value is -4.07. The summed E-state index contributed by atoms with van der Waals surface area (Å²) < 4.78 is 139. The molecular formula is C24H28N6O17S5. The molecule has 0 bridgehead atoms. The molecule has 7 N–H and O–H groups in total. The zero-order valence-electron chi connectivity index (χ0n) is 26.4. The Kier molecular flexibility index (Phi) is 14.4. The van der Waals surface area contributed by atoms with E-state index in [4.69, 9.17) is 34.9 Å². The number of sulfone groups is 2. The lowest BCUT2D eigenvalue weighted by Gasteiger charge is -2.12. The van der Waals surface area contributed by atoms with Gasteiger partial charge in [-0.15, -0.1) is 24.8 Å². The molecule has 0 unspecified atom stereocenters. The molecule has 0 aromatic heterocycles. The third kappa shape index (κ3) is 11.5. The van der Waals surface area contributed by atoms with Gasteiger partial charge in [0.25, 0.3) is 10.1 Å². The largest absolute Gasteiger partial charge is 0.494 e. The number of hydrogen-bond acceptors (Lipinski definition) is 22. The average Bonchev–Trinajstić information content (AvgIpc) is 3.06. The van der Waals surface area contributed by atoms with Crippen LogP contribution in [0.15, 0.2) is 77.6 Å². The molecule has 0 radical (unpaired) electrons. The van der Waals surface area contributed by atoms with Gasteiger partial charge in [0.1, 0.15) is 39.1 Å². The van der Waals surface area contributed by atoms with E-state index in [1.807, 2.05) is 0 Å². The molecule has 0 aliphatic rings. The van der Waals surface area contributed by atoms with Crippen molar-refractivity contribution < 1.29 is 75.2 Å². The Bertz CT molecular complexity index is 2290. The van der Waals surface area contributed by atoms with E-state index in [1.165, 1.54) is 32.4 Å². The molecule has 0 atom stereocenters. The van der Waals surface area contributed by atoms with E-state index in [9.17, 15) is 38.2 Å². The van der Waals surface area contributed by atoms with E-state index >= 15 is 0 Å². The highest BCUT2D eigenvalue weighted by molar-refractivity contribution is 7.92. The predicted molar refractivity (Wildman–Crippen MR) is 179 cm³/mol. The number of nitrogens with two attached hydrogens (primary N) is 2. The maximum Gasteiger partial charge on any atom is 0.397 e. The maximum absolute atomic E-state index is 12.8. The van der Waals surface area contributed by atoms with Crippen LogP contribution in [0.25, 0.3) is 0 Å². The zero-order chi connectivity index (χ0) is 38.9. The lowest BCUT2D eigenvalue weighted by Crippen LogP contribution is -2.15. The molecule has 0 heterocycles. The maximum atomic E-state index is 12.8. The molecule has 0 aliphatic heterocycles. The first-order valence-corrected chi connectivity index (χ1v) is 20.2. The highest BCUT2D eigenvalue weighted by Crippen LogP contribution is 2.44. The Morgan fingerprint density at radius 2 is 1.19 bits per heavy atom. The van der Waals surface area contributed by atoms with Crippen molar-refractivity contribution in [3.8, 4) is 11.5 Å². The number of nitrogen functional groups attached to an aromatic ring is 2. The summed E-state index contributed by atoms with van der Waals surface area (Å²) in [6, 6.07) is 7.47. The Morgan fingerprint density at radius 1 is 0.692 bits per heavy atom. The molecule has 23 nitrogen and oxygen atoms in total. The smallest absolute Gasteiger partial charge is 0.397 e. The molecule has 0 fully saturated rings. The average molecular weight is 833 g/mol. The number of nitrogens with zero attached hydrogens (tertiary/aromatic N) is 4. The summed E-state index contributed by atoms with van der Waals surface area (Å²) >= 11 is 0.175. The van der Waals surface area contributed by atoms with Crippen LogP contribution in [0.4, 0.5) is 34.1 Å². The molecule has 28 heteroatoms. The van der Waals surface area contributed by atoms with Crippen LogP contribution in [-0.2, 0) is 57.9 Å². The number of methoxy groups -OCH3 is 2. The quantitative estimate of drug-likeness (QED) is 0.0220. The van der Waals surface area contributed by atoms with Gasteiger partial charge in [-0.1, -0.05) is 5.04 Å². The summed E-state index contributed by atoms with van der Waals surface area (Å²) in [6.07, 6.45) is 0. The van der Waals surface area contributed by atoms with Crippen molar-refractivity contribution in [1.29, 1.82) is 0 Å². The fraction of sp³-hybridized carbons (Fsp3) is 0.250. The fourth-order valence-corrected chi connectivity index (χ4v) is 7.42. The fourth-order valence-electron chi connectivity index (χ4n) is 3.86. The number of anilines is 2. The van der Waals surface area contributed by atoms with Crippen LogP contribution in [0, 0.1) is 0 Å². The Morgan fingerprint density at radius 3 is 1.67 bits per heavy atom. The van der Waals surface area contributed by atoms with Crippen molar-refractivity contribution in [2.75, 3.05) is 50.4 Å². The van der Waals surface area contributed by atoms with E-state index in [1.54, 1.807) is 0 Å². The molecule has 0 aliphatic carbocycles. The summed E-state index contributed by atoms with van der Waals surface area (Å²) in [5.74, 6) is -1.49. The summed E-state index contributed by atoms with van der Waals surface area (Å²) in [5.41, 5.74) is 9.47.